The zero-order chi connectivity index (χ0) is 16.7. The Hall–Kier alpha value is -1.21. The molecule has 0 fully saturated rings. The van der Waals surface area contributed by atoms with E-state index < -0.39 is 17.7 Å². The maximum absolute atomic E-state index is 13.6. The summed E-state index contributed by atoms with van der Waals surface area (Å²) >= 11 is 6.52. The molecule has 0 aliphatic carbocycles. The number of carbonyl (C=O) groups excluding carboxylic acids is 1. The van der Waals surface area contributed by atoms with Crippen LogP contribution in [0.2, 0.25) is 0 Å². The monoisotopic (exact) mass is 346 g/mol. The van der Waals surface area contributed by atoms with Crippen LogP contribution in [0.25, 0.3) is 0 Å². The topological polar surface area (TPSA) is 32.3 Å². The Bertz CT molecular complexity index is 536. The number of benzene rings is 1. The maximum Gasteiger partial charge on any atom is 0.230 e. The third kappa shape index (κ3) is 5.53. The van der Waals surface area contributed by atoms with Crippen LogP contribution in [0.4, 0.5) is 8.78 Å². The highest BCUT2D eigenvalue weighted by molar-refractivity contribution is 8.23. The fraction of sp³-hybridized carbons (Fsp3) is 0.467. The van der Waals surface area contributed by atoms with Crippen molar-refractivity contribution >= 4 is 34.2 Å². The molecule has 0 bridgehead atoms. The van der Waals surface area contributed by atoms with Crippen molar-refractivity contribution in [2.75, 3.05) is 18.8 Å². The summed E-state index contributed by atoms with van der Waals surface area (Å²) in [6, 6.07) is 2.78. The highest BCUT2D eigenvalue weighted by atomic mass is 32.2. The van der Waals surface area contributed by atoms with E-state index >= 15 is 0 Å². The molecule has 3 nitrogen and oxygen atoms in total. The molecule has 1 aromatic rings. The largest absolute Gasteiger partial charge is 0.358 e. The number of thiocarbonyl (C=S) groups is 1. The Kier molecular flexibility index (Phi) is 7.75. The summed E-state index contributed by atoms with van der Waals surface area (Å²) in [6.07, 6.45) is 0. The minimum absolute atomic E-state index is 0.169. The molecule has 22 heavy (non-hydrogen) atoms. The Morgan fingerprint density at radius 1 is 1.36 bits per heavy atom. The van der Waals surface area contributed by atoms with Gasteiger partial charge < -0.3 is 10.2 Å². The molecule has 0 aliphatic heterocycles. The van der Waals surface area contributed by atoms with E-state index in [1.54, 1.807) is 6.92 Å². The van der Waals surface area contributed by atoms with Gasteiger partial charge in [-0.2, -0.15) is 0 Å². The predicted molar refractivity (Wildman–Crippen MR) is 90.9 cm³/mol. The number of nitrogens with one attached hydrogen (secondary N) is 1. The lowest BCUT2D eigenvalue weighted by molar-refractivity contribution is -0.119. The molecule has 7 heteroatoms. The zero-order valence-electron chi connectivity index (χ0n) is 12.9. The summed E-state index contributed by atoms with van der Waals surface area (Å²) in [7, 11) is 0. The van der Waals surface area contributed by atoms with E-state index in [9.17, 15) is 13.6 Å². The van der Waals surface area contributed by atoms with Crippen LogP contribution in [0, 0.1) is 11.6 Å². The average molecular weight is 346 g/mol. The number of carbonyl (C=O) groups is 1. The number of hydrogen-bond acceptors (Lipinski definition) is 3. The maximum atomic E-state index is 13.6. The van der Waals surface area contributed by atoms with Gasteiger partial charge in [-0.1, -0.05) is 30.0 Å². The molecule has 122 valence electrons. The normalized spacial score (nSPS) is 11.9. The third-order valence-electron chi connectivity index (χ3n) is 3.15. The first-order valence-electron chi connectivity index (χ1n) is 7.05. The molecule has 1 atom stereocenters. The summed E-state index contributed by atoms with van der Waals surface area (Å²) in [5.74, 6) is -1.38. The van der Waals surface area contributed by atoms with E-state index in [0.29, 0.717) is 4.32 Å². The van der Waals surface area contributed by atoms with Crippen molar-refractivity contribution in [2.45, 2.75) is 26.8 Å². The number of nitrogens with zero attached hydrogens (tertiary/aromatic N) is 1. The summed E-state index contributed by atoms with van der Waals surface area (Å²) in [6.45, 7) is 7.23. The van der Waals surface area contributed by atoms with Gasteiger partial charge in [0, 0.05) is 24.7 Å². The van der Waals surface area contributed by atoms with Crippen molar-refractivity contribution < 1.29 is 13.6 Å². The van der Waals surface area contributed by atoms with Crippen LogP contribution in [0.15, 0.2) is 18.2 Å². The molecule has 0 saturated carbocycles. The van der Waals surface area contributed by atoms with Crippen LogP contribution in [0.1, 0.15) is 32.4 Å². The quantitative estimate of drug-likeness (QED) is 0.799. The van der Waals surface area contributed by atoms with Gasteiger partial charge in [0.05, 0.1) is 11.8 Å². The summed E-state index contributed by atoms with van der Waals surface area (Å²) in [5.41, 5.74) is 0.256. The number of hydrogen-bond donors (Lipinski definition) is 1. The van der Waals surface area contributed by atoms with Gasteiger partial charge in [-0.25, -0.2) is 8.78 Å². The van der Waals surface area contributed by atoms with Crippen LogP contribution >= 0.6 is 24.0 Å². The van der Waals surface area contributed by atoms with Crippen molar-refractivity contribution in [3.63, 3.8) is 0 Å². The lowest BCUT2D eigenvalue weighted by atomic mass is 10.1. The molecule has 1 amide bonds. The first-order chi connectivity index (χ1) is 10.4. The summed E-state index contributed by atoms with van der Waals surface area (Å²) in [5, 5.41) is 2.69. The fourth-order valence-corrected chi connectivity index (χ4v) is 3.13. The molecular formula is C15H20F2N2OS2. The number of rotatable bonds is 6. The second kappa shape index (κ2) is 9.05. The average Bonchev–Trinajstić information content (AvgIpc) is 2.46. The second-order valence-electron chi connectivity index (χ2n) is 4.68. The van der Waals surface area contributed by atoms with Crippen molar-refractivity contribution in [3.05, 3.63) is 35.4 Å². The smallest absolute Gasteiger partial charge is 0.230 e. The second-order valence-corrected chi connectivity index (χ2v) is 6.29. The molecular weight excluding hydrogens is 326 g/mol. The summed E-state index contributed by atoms with van der Waals surface area (Å²) in [4.78, 5) is 13.9. The van der Waals surface area contributed by atoms with Crippen LogP contribution in [0.3, 0.4) is 0 Å². The predicted octanol–water partition coefficient (Wildman–Crippen LogP) is 3.50. The van der Waals surface area contributed by atoms with Gasteiger partial charge in [0.1, 0.15) is 16.0 Å². The first kappa shape index (κ1) is 18.8. The molecule has 0 spiro atoms. The first-order valence-corrected chi connectivity index (χ1v) is 8.44. The molecule has 1 N–H and O–H groups in total. The zero-order valence-corrected chi connectivity index (χ0v) is 14.5. The van der Waals surface area contributed by atoms with E-state index in [1.165, 1.54) is 23.9 Å². The molecule has 1 rings (SSSR count). The minimum atomic E-state index is -0.667. The Labute approximate surface area is 139 Å². The Balaban J connectivity index is 2.52. The molecule has 0 radical (unpaired) electrons. The van der Waals surface area contributed by atoms with Crippen molar-refractivity contribution in [2.24, 2.45) is 0 Å². The van der Waals surface area contributed by atoms with E-state index in [4.69, 9.17) is 12.2 Å². The SMILES string of the molecule is CCN(CC)C(=S)SCC(=O)N[C@@H](C)c1ccc(F)cc1F. The van der Waals surface area contributed by atoms with Gasteiger partial charge in [-0.15, -0.1) is 0 Å². The van der Waals surface area contributed by atoms with Gasteiger partial charge in [-0.05, 0) is 26.8 Å². The Morgan fingerprint density at radius 3 is 2.55 bits per heavy atom. The highest BCUT2D eigenvalue weighted by Crippen LogP contribution is 2.18. The molecule has 0 saturated heterocycles. The summed E-state index contributed by atoms with van der Waals surface area (Å²) < 4.78 is 27.2. The lowest BCUT2D eigenvalue weighted by Crippen LogP contribution is -2.31. The minimum Gasteiger partial charge on any atom is -0.358 e. The van der Waals surface area contributed by atoms with Gasteiger partial charge >= 0.3 is 0 Å². The van der Waals surface area contributed by atoms with Crippen LogP contribution in [0.5, 0.6) is 0 Å². The third-order valence-corrected chi connectivity index (χ3v) is 4.68. The lowest BCUT2D eigenvalue weighted by Gasteiger charge is -2.21. The van der Waals surface area contributed by atoms with Crippen molar-refractivity contribution in [1.82, 2.24) is 10.2 Å². The molecule has 0 heterocycles. The molecule has 0 aromatic heterocycles. The number of amides is 1. The van der Waals surface area contributed by atoms with Crippen LogP contribution < -0.4 is 5.32 Å². The van der Waals surface area contributed by atoms with Crippen LogP contribution in [-0.4, -0.2) is 34.0 Å². The molecule has 0 aliphatic rings. The van der Waals surface area contributed by atoms with E-state index in [-0.39, 0.29) is 17.2 Å². The van der Waals surface area contributed by atoms with E-state index in [0.717, 1.165) is 19.2 Å². The fourth-order valence-electron chi connectivity index (χ4n) is 1.91. The van der Waals surface area contributed by atoms with Crippen molar-refractivity contribution in [3.8, 4) is 0 Å². The molecule has 1 aromatic carbocycles. The van der Waals surface area contributed by atoms with E-state index in [1.807, 2.05) is 18.7 Å². The highest BCUT2D eigenvalue weighted by Gasteiger charge is 2.15. The van der Waals surface area contributed by atoms with Crippen molar-refractivity contribution in [1.29, 1.82) is 0 Å². The van der Waals surface area contributed by atoms with Gasteiger partial charge in [0.25, 0.3) is 0 Å². The van der Waals surface area contributed by atoms with Gasteiger partial charge in [0.15, 0.2) is 0 Å². The Morgan fingerprint density at radius 2 is 2.00 bits per heavy atom. The van der Waals surface area contributed by atoms with Gasteiger partial charge in [0.2, 0.25) is 5.91 Å². The van der Waals surface area contributed by atoms with E-state index in [2.05, 4.69) is 5.32 Å². The number of halogens is 2. The standard InChI is InChI=1S/C15H20F2N2OS2/c1-4-19(5-2)15(21)22-9-14(20)18-10(3)12-7-6-11(16)8-13(12)17/h6-8,10H,4-5,9H2,1-3H3,(H,18,20)/t10-/m0/s1. The molecule has 0 unspecified atom stereocenters. The van der Waals surface area contributed by atoms with Crippen LogP contribution in [-0.2, 0) is 4.79 Å². The number of thioether (sulfide) groups is 1. The van der Waals surface area contributed by atoms with Gasteiger partial charge in [-0.3, -0.25) is 4.79 Å².